The molecule has 4 nitrogen and oxygen atoms in total. The number of hydrogen-bond donors (Lipinski definition) is 0. The maximum atomic E-state index is 9.23. The van der Waals surface area contributed by atoms with Crippen LogP contribution in [0.1, 0.15) is 0 Å². The van der Waals surface area contributed by atoms with Crippen molar-refractivity contribution in [1.82, 2.24) is 0 Å². The molecule has 0 radical (unpaired) electrons. The number of rotatable bonds is 0. The van der Waals surface area contributed by atoms with Gasteiger partial charge in [0, 0.05) is 31.3 Å². The molecule has 0 N–H and O–H groups in total. The summed E-state index contributed by atoms with van der Waals surface area (Å²) < 4.78 is 0.752. The zero-order chi connectivity index (χ0) is 15.7. The van der Waals surface area contributed by atoms with E-state index in [1.54, 1.807) is 0 Å². The third kappa shape index (κ3) is 1.77. The molecule has 100 valence electrons. The second-order valence-corrected chi connectivity index (χ2v) is 5.97. The summed E-state index contributed by atoms with van der Waals surface area (Å²) in [5.74, 6) is 0. The van der Waals surface area contributed by atoms with Gasteiger partial charge >= 0.3 is 0 Å². The highest BCUT2D eigenvalue weighted by Gasteiger charge is 2.13. The Hall–Kier alpha value is -3.16. The van der Waals surface area contributed by atoms with E-state index in [1.165, 1.54) is 22.7 Å². The molecule has 2 aromatic heterocycles. The highest BCUT2D eigenvalue weighted by atomic mass is 32.1. The lowest BCUT2D eigenvalue weighted by Gasteiger charge is -2.00. The number of fused-ring (bicyclic) bond motifs is 2. The smallest absolute Gasteiger partial charge is 0.138 e. The Bertz CT molecular complexity index is 1030. The third-order valence-corrected chi connectivity index (χ3v) is 4.98. The van der Waals surface area contributed by atoms with Crippen LogP contribution in [-0.4, -0.2) is 0 Å². The van der Waals surface area contributed by atoms with E-state index in [4.69, 9.17) is 0 Å². The summed E-state index contributed by atoms with van der Waals surface area (Å²) in [4.78, 5) is 0. The Morgan fingerprint density at radius 1 is 0.773 bits per heavy atom. The lowest BCUT2D eigenvalue weighted by atomic mass is 10.0. The Balaban J connectivity index is 2.89. The van der Waals surface area contributed by atoms with Crippen LogP contribution in [0.25, 0.3) is 32.0 Å². The normalized spacial score (nSPS) is 9.64. The van der Waals surface area contributed by atoms with Crippen LogP contribution in [0.5, 0.6) is 0 Å². The van der Waals surface area contributed by atoms with Crippen molar-refractivity contribution in [2.75, 3.05) is 0 Å². The molecule has 0 atom stereocenters. The number of nitriles is 4. The molecule has 0 saturated heterocycles. The van der Waals surface area contributed by atoms with Gasteiger partial charge in [0.25, 0.3) is 0 Å². The van der Waals surface area contributed by atoms with E-state index in [0.717, 1.165) is 20.9 Å². The van der Waals surface area contributed by atoms with Crippen molar-refractivity contribution >= 4 is 54.7 Å². The van der Waals surface area contributed by atoms with Crippen molar-refractivity contribution in [1.29, 1.82) is 21.0 Å². The summed E-state index contributed by atoms with van der Waals surface area (Å²) >= 11 is 2.81. The van der Waals surface area contributed by atoms with E-state index in [1.807, 2.05) is 46.5 Å². The predicted octanol–water partition coefficient (Wildman–Crippen LogP) is 2.51. The molecule has 0 aliphatic carbocycles. The molecule has 0 bridgehead atoms. The van der Waals surface area contributed by atoms with Crippen LogP contribution in [0, 0.1) is 45.3 Å². The molecule has 0 aliphatic heterocycles. The summed E-state index contributed by atoms with van der Waals surface area (Å²) in [6.07, 6.45) is 0. The molecule has 0 aliphatic rings. The van der Waals surface area contributed by atoms with E-state index < -0.39 is 0 Å². The van der Waals surface area contributed by atoms with Gasteiger partial charge in [0.05, 0.1) is 0 Å². The van der Waals surface area contributed by atoms with Gasteiger partial charge in [-0.15, -0.1) is 11.3 Å². The van der Waals surface area contributed by atoms with Crippen molar-refractivity contribution in [2.24, 2.45) is 0 Å². The van der Waals surface area contributed by atoms with Gasteiger partial charge in [0.2, 0.25) is 0 Å². The molecule has 0 spiro atoms. The van der Waals surface area contributed by atoms with Crippen LogP contribution < -0.4 is 10.4 Å². The van der Waals surface area contributed by atoms with Gasteiger partial charge in [-0.25, -0.2) is 0 Å². The molecule has 0 saturated carbocycles. The fraction of sp³-hybridized carbons (Fsp3) is 0. The maximum Gasteiger partial charge on any atom is 0.138 e. The van der Waals surface area contributed by atoms with Crippen molar-refractivity contribution < 1.29 is 0 Å². The summed E-state index contributed by atoms with van der Waals surface area (Å²) in [6.45, 7) is 0. The fourth-order valence-corrected chi connectivity index (χ4v) is 4.24. The molecule has 1 aromatic carbocycles. The monoisotopic (exact) mass is 316 g/mol. The first-order valence-electron chi connectivity index (χ1n) is 6.01. The number of thiophene rings is 2. The summed E-state index contributed by atoms with van der Waals surface area (Å²) in [5, 5.41) is 45.8. The van der Waals surface area contributed by atoms with Crippen LogP contribution in [0.4, 0.5) is 0 Å². The maximum absolute atomic E-state index is 9.23. The number of nitrogens with zero attached hydrogens (tertiary/aromatic N) is 4. The van der Waals surface area contributed by atoms with Gasteiger partial charge in [-0.1, -0.05) is 0 Å². The Kier molecular flexibility index (Phi) is 3.34. The van der Waals surface area contributed by atoms with Gasteiger partial charge in [0.15, 0.2) is 0 Å². The molecular formula is C16H4N4S2. The van der Waals surface area contributed by atoms with Crippen LogP contribution in [-0.2, 0) is 0 Å². The minimum absolute atomic E-state index is 0.0359. The summed E-state index contributed by atoms with van der Waals surface area (Å²) in [6, 6.07) is 9.57. The summed E-state index contributed by atoms with van der Waals surface area (Å²) in [7, 11) is 0. The molecule has 3 aromatic rings. The first-order valence-corrected chi connectivity index (χ1v) is 7.83. The zero-order valence-electron chi connectivity index (χ0n) is 10.9. The molecular weight excluding hydrogens is 312 g/mol. The SMILES string of the molecule is N#CC(C#N)=c1c2cscc2c(=C(C#N)C#N)c2sccc12. The van der Waals surface area contributed by atoms with Gasteiger partial charge in [-0.05, 0) is 22.2 Å². The fourth-order valence-electron chi connectivity index (χ4n) is 2.44. The third-order valence-electron chi connectivity index (χ3n) is 3.31. The lowest BCUT2D eigenvalue weighted by molar-refractivity contribution is 1.50. The second kappa shape index (κ2) is 5.32. The number of benzene rings is 1. The van der Waals surface area contributed by atoms with Crippen molar-refractivity contribution in [3.8, 4) is 24.3 Å². The van der Waals surface area contributed by atoms with Crippen molar-refractivity contribution in [3.05, 3.63) is 32.6 Å². The predicted molar refractivity (Wildman–Crippen MR) is 85.7 cm³/mol. The quantitative estimate of drug-likeness (QED) is 0.636. The molecule has 0 amide bonds. The first-order chi connectivity index (χ1) is 10.8. The molecule has 3 rings (SSSR count). The topological polar surface area (TPSA) is 95.2 Å². The van der Waals surface area contributed by atoms with Crippen LogP contribution in [0.2, 0.25) is 0 Å². The van der Waals surface area contributed by atoms with Crippen LogP contribution in [0.15, 0.2) is 22.2 Å². The molecule has 0 unspecified atom stereocenters. The molecule has 0 fully saturated rings. The van der Waals surface area contributed by atoms with E-state index >= 15 is 0 Å². The van der Waals surface area contributed by atoms with Crippen LogP contribution >= 0.6 is 22.7 Å². The standard InChI is InChI=1S/C16H4N4S2/c17-3-9(4-18)14-11-1-2-22-16(11)15(10(5-19)6-20)13-8-21-7-12(13)14/h1-2,7-8H. The second-order valence-electron chi connectivity index (χ2n) is 4.31. The average Bonchev–Trinajstić information content (AvgIpc) is 3.19. The Labute approximate surface area is 132 Å². The van der Waals surface area contributed by atoms with Crippen LogP contribution in [0.3, 0.4) is 0 Å². The Morgan fingerprint density at radius 2 is 1.32 bits per heavy atom. The lowest BCUT2D eigenvalue weighted by Crippen LogP contribution is -2.15. The van der Waals surface area contributed by atoms with E-state index in [0.29, 0.717) is 10.4 Å². The highest BCUT2D eigenvalue weighted by molar-refractivity contribution is 7.17. The highest BCUT2D eigenvalue weighted by Crippen LogP contribution is 2.22. The van der Waals surface area contributed by atoms with E-state index in [2.05, 4.69) is 0 Å². The van der Waals surface area contributed by atoms with Gasteiger partial charge in [-0.3, -0.25) is 0 Å². The Morgan fingerprint density at radius 3 is 1.91 bits per heavy atom. The number of hydrogen-bond acceptors (Lipinski definition) is 6. The summed E-state index contributed by atoms with van der Waals surface area (Å²) in [5.41, 5.74) is 0.0756. The van der Waals surface area contributed by atoms with E-state index in [9.17, 15) is 21.0 Å². The van der Waals surface area contributed by atoms with Gasteiger partial charge in [-0.2, -0.15) is 32.4 Å². The van der Waals surface area contributed by atoms with Crippen molar-refractivity contribution in [3.63, 3.8) is 0 Å². The minimum Gasteiger partial charge on any atom is -0.192 e. The minimum atomic E-state index is 0.0359. The first kappa shape index (κ1) is 13.8. The van der Waals surface area contributed by atoms with Gasteiger partial charge in [0.1, 0.15) is 35.4 Å². The molecule has 22 heavy (non-hydrogen) atoms. The van der Waals surface area contributed by atoms with Gasteiger partial charge < -0.3 is 0 Å². The van der Waals surface area contributed by atoms with Crippen molar-refractivity contribution in [2.45, 2.75) is 0 Å². The van der Waals surface area contributed by atoms with E-state index in [-0.39, 0.29) is 11.1 Å². The zero-order valence-corrected chi connectivity index (χ0v) is 12.5. The average molecular weight is 316 g/mol. The largest absolute Gasteiger partial charge is 0.192 e. The molecule has 6 heteroatoms. The molecule has 2 heterocycles.